The van der Waals surface area contributed by atoms with E-state index in [1.807, 2.05) is 18.4 Å². The summed E-state index contributed by atoms with van der Waals surface area (Å²) in [7, 11) is 0. The van der Waals surface area contributed by atoms with Crippen molar-refractivity contribution in [3.8, 4) is 0 Å². The van der Waals surface area contributed by atoms with Crippen molar-refractivity contribution < 1.29 is 9.53 Å². The zero-order chi connectivity index (χ0) is 12.7. The summed E-state index contributed by atoms with van der Waals surface area (Å²) in [5.41, 5.74) is 0.901. The third-order valence-corrected chi connectivity index (χ3v) is 3.16. The van der Waals surface area contributed by atoms with Gasteiger partial charge in [0, 0.05) is 31.0 Å². The maximum Gasteiger partial charge on any atom is 0.221 e. The number of ether oxygens (including phenoxy) is 1. The standard InChI is InChI=1S/C12H20N2O2S/c1-4-16-8-9(2)13-7-12-11(5-6-17-12)14-10(3)15/h5-6,9,13H,4,7-8H2,1-3H3,(H,14,15). The average molecular weight is 256 g/mol. The summed E-state index contributed by atoms with van der Waals surface area (Å²) in [4.78, 5) is 12.1. The molecule has 1 atom stereocenters. The molecule has 0 fully saturated rings. The molecular weight excluding hydrogens is 236 g/mol. The van der Waals surface area contributed by atoms with Crippen LogP contribution in [0.4, 0.5) is 5.69 Å². The number of thiophene rings is 1. The van der Waals surface area contributed by atoms with E-state index in [4.69, 9.17) is 4.74 Å². The van der Waals surface area contributed by atoms with E-state index < -0.39 is 0 Å². The first-order valence-electron chi connectivity index (χ1n) is 5.78. The van der Waals surface area contributed by atoms with Crippen LogP contribution in [-0.4, -0.2) is 25.2 Å². The Morgan fingerprint density at radius 3 is 3.00 bits per heavy atom. The fraction of sp³-hybridized carbons (Fsp3) is 0.583. The van der Waals surface area contributed by atoms with Gasteiger partial charge in [0.1, 0.15) is 0 Å². The van der Waals surface area contributed by atoms with E-state index in [1.165, 1.54) is 6.92 Å². The summed E-state index contributed by atoms with van der Waals surface area (Å²) in [5.74, 6) is -0.0352. The van der Waals surface area contributed by atoms with E-state index >= 15 is 0 Å². The van der Waals surface area contributed by atoms with Crippen LogP contribution >= 0.6 is 11.3 Å². The number of hydrogen-bond donors (Lipinski definition) is 2. The third kappa shape index (κ3) is 5.30. The molecule has 17 heavy (non-hydrogen) atoms. The predicted octanol–water partition coefficient (Wildman–Crippen LogP) is 2.22. The first-order valence-corrected chi connectivity index (χ1v) is 6.66. The molecule has 2 N–H and O–H groups in total. The second-order valence-corrected chi connectivity index (χ2v) is 4.88. The molecule has 1 rings (SSSR count). The zero-order valence-electron chi connectivity index (χ0n) is 10.6. The van der Waals surface area contributed by atoms with Gasteiger partial charge in [-0.1, -0.05) is 0 Å². The van der Waals surface area contributed by atoms with Crippen LogP contribution in [-0.2, 0) is 16.1 Å². The summed E-state index contributed by atoms with van der Waals surface area (Å²) in [5, 5.41) is 8.17. The van der Waals surface area contributed by atoms with Gasteiger partial charge in [-0.3, -0.25) is 4.79 Å². The molecule has 1 heterocycles. The molecule has 0 bridgehead atoms. The van der Waals surface area contributed by atoms with Crippen LogP contribution in [0.2, 0.25) is 0 Å². The molecule has 1 unspecified atom stereocenters. The fourth-order valence-electron chi connectivity index (χ4n) is 1.40. The molecule has 1 aromatic heterocycles. The molecule has 5 heteroatoms. The lowest BCUT2D eigenvalue weighted by Gasteiger charge is -2.13. The van der Waals surface area contributed by atoms with Crippen LogP contribution < -0.4 is 10.6 Å². The van der Waals surface area contributed by atoms with E-state index in [2.05, 4.69) is 17.6 Å². The topological polar surface area (TPSA) is 50.4 Å². The molecule has 1 amide bonds. The van der Waals surface area contributed by atoms with Gasteiger partial charge >= 0.3 is 0 Å². The number of carbonyl (C=O) groups is 1. The molecule has 0 saturated heterocycles. The normalized spacial score (nSPS) is 12.4. The number of anilines is 1. The van der Waals surface area contributed by atoms with Gasteiger partial charge in [0.25, 0.3) is 0 Å². The zero-order valence-corrected chi connectivity index (χ0v) is 11.4. The van der Waals surface area contributed by atoms with Crippen molar-refractivity contribution in [3.05, 3.63) is 16.3 Å². The SMILES string of the molecule is CCOCC(C)NCc1sccc1NC(C)=O. The quantitative estimate of drug-likeness (QED) is 0.786. The number of carbonyl (C=O) groups excluding carboxylic acids is 1. The van der Waals surface area contributed by atoms with Gasteiger partial charge in [-0.25, -0.2) is 0 Å². The maximum atomic E-state index is 11.0. The van der Waals surface area contributed by atoms with E-state index in [1.54, 1.807) is 11.3 Å². The summed E-state index contributed by atoms with van der Waals surface area (Å²) in [6, 6.07) is 2.23. The van der Waals surface area contributed by atoms with E-state index in [0.29, 0.717) is 12.6 Å². The Morgan fingerprint density at radius 1 is 1.59 bits per heavy atom. The molecule has 0 aliphatic heterocycles. The molecule has 0 spiro atoms. The lowest BCUT2D eigenvalue weighted by Crippen LogP contribution is -2.30. The van der Waals surface area contributed by atoms with Gasteiger partial charge in [-0.15, -0.1) is 11.3 Å². The molecule has 0 radical (unpaired) electrons. The summed E-state index contributed by atoms with van der Waals surface area (Å²) < 4.78 is 5.33. The van der Waals surface area contributed by atoms with E-state index in [0.717, 1.165) is 23.7 Å². The van der Waals surface area contributed by atoms with Gasteiger partial charge in [0.05, 0.1) is 12.3 Å². The van der Waals surface area contributed by atoms with Crippen molar-refractivity contribution in [2.75, 3.05) is 18.5 Å². The Balaban J connectivity index is 2.40. The number of nitrogens with one attached hydrogen (secondary N) is 2. The molecule has 96 valence electrons. The van der Waals surface area contributed by atoms with Crippen LogP contribution in [0.3, 0.4) is 0 Å². The highest BCUT2D eigenvalue weighted by Gasteiger charge is 2.07. The first kappa shape index (κ1) is 14.2. The number of rotatable bonds is 7. The van der Waals surface area contributed by atoms with Crippen molar-refractivity contribution in [2.24, 2.45) is 0 Å². The Kier molecular flexibility index (Phi) is 6.18. The second kappa shape index (κ2) is 7.42. The highest BCUT2D eigenvalue weighted by molar-refractivity contribution is 7.10. The molecule has 4 nitrogen and oxygen atoms in total. The van der Waals surface area contributed by atoms with E-state index in [-0.39, 0.29) is 5.91 Å². The lowest BCUT2D eigenvalue weighted by molar-refractivity contribution is -0.114. The minimum absolute atomic E-state index is 0.0352. The molecular formula is C12H20N2O2S. The van der Waals surface area contributed by atoms with Gasteiger partial charge in [0.2, 0.25) is 5.91 Å². The Labute approximate surface area is 106 Å². The molecule has 0 aliphatic carbocycles. The van der Waals surface area contributed by atoms with Gasteiger partial charge < -0.3 is 15.4 Å². The van der Waals surface area contributed by atoms with Crippen LogP contribution in [0.1, 0.15) is 25.6 Å². The minimum Gasteiger partial charge on any atom is -0.380 e. The van der Waals surface area contributed by atoms with Crippen LogP contribution in [0.15, 0.2) is 11.4 Å². The van der Waals surface area contributed by atoms with E-state index in [9.17, 15) is 4.79 Å². The van der Waals surface area contributed by atoms with Crippen molar-refractivity contribution in [3.63, 3.8) is 0 Å². The summed E-state index contributed by atoms with van der Waals surface area (Å²) in [6.07, 6.45) is 0. The Bertz CT molecular complexity index is 352. The monoisotopic (exact) mass is 256 g/mol. The Hall–Kier alpha value is -0.910. The Morgan fingerprint density at radius 2 is 2.35 bits per heavy atom. The predicted molar refractivity (Wildman–Crippen MR) is 71.4 cm³/mol. The van der Waals surface area contributed by atoms with Crippen molar-refractivity contribution >= 4 is 22.9 Å². The number of hydrogen-bond acceptors (Lipinski definition) is 4. The highest BCUT2D eigenvalue weighted by Crippen LogP contribution is 2.22. The van der Waals surface area contributed by atoms with Crippen LogP contribution in [0.5, 0.6) is 0 Å². The van der Waals surface area contributed by atoms with Gasteiger partial charge in [-0.05, 0) is 25.3 Å². The second-order valence-electron chi connectivity index (χ2n) is 3.88. The van der Waals surface area contributed by atoms with Gasteiger partial charge in [-0.2, -0.15) is 0 Å². The lowest BCUT2D eigenvalue weighted by atomic mass is 10.3. The van der Waals surface area contributed by atoms with Crippen molar-refractivity contribution in [1.29, 1.82) is 0 Å². The molecule has 1 aromatic rings. The maximum absolute atomic E-state index is 11.0. The average Bonchev–Trinajstić information content (AvgIpc) is 2.70. The number of amides is 1. The minimum atomic E-state index is -0.0352. The summed E-state index contributed by atoms with van der Waals surface area (Å²) in [6.45, 7) is 7.79. The fourth-order valence-corrected chi connectivity index (χ4v) is 2.18. The highest BCUT2D eigenvalue weighted by atomic mass is 32.1. The summed E-state index contributed by atoms with van der Waals surface area (Å²) >= 11 is 1.64. The largest absolute Gasteiger partial charge is 0.380 e. The molecule has 0 aliphatic rings. The third-order valence-electron chi connectivity index (χ3n) is 2.24. The van der Waals surface area contributed by atoms with Gasteiger partial charge in [0.15, 0.2) is 0 Å². The van der Waals surface area contributed by atoms with Crippen molar-refractivity contribution in [2.45, 2.75) is 33.4 Å². The first-order chi connectivity index (χ1) is 8.13. The van der Waals surface area contributed by atoms with Crippen LogP contribution in [0, 0.1) is 0 Å². The molecule has 0 aromatic carbocycles. The van der Waals surface area contributed by atoms with Crippen LogP contribution in [0.25, 0.3) is 0 Å². The molecule has 0 saturated carbocycles. The van der Waals surface area contributed by atoms with Crippen molar-refractivity contribution in [1.82, 2.24) is 5.32 Å². The smallest absolute Gasteiger partial charge is 0.221 e.